The van der Waals surface area contributed by atoms with Crippen molar-refractivity contribution in [3.05, 3.63) is 145 Å². The van der Waals surface area contributed by atoms with Gasteiger partial charge in [-0.25, -0.2) is 0 Å². The number of fused-ring (bicyclic) bond motifs is 8. The summed E-state index contributed by atoms with van der Waals surface area (Å²) in [6.07, 6.45) is 19.2. The van der Waals surface area contributed by atoms with Crippen LogP contribution >= 0.6 is 0 Å². The fraction of sp³-hybridized carbons (Fsp3) is 0.0909. The van der Waals surface area contributed by atoms with Crippen molar-refractivity contribution in [2.45, 2.75) is 26.7 Å². The van der Waals surface area contributed by atoms with Gasteiger partial charge in [-0.2, -0.15) is 0 Å². The van der Waals surface area contributed by atoms with Crippen molar-refractivity contribution in [3.63, 3.8) is 0 Å². The van der Waals surface area contributed by atoms with Gasteiger partial charge in [0.2, 0.25) is 0 Å². The molecule has 4 nitrogen and oxygen atoms in total. The molecule has 0 spiro atoms. The maximum absolute atomic E-state index is 4.44. The molecule has 9 rings (SSSR count). The zero-order valence-electron chi connectivity index (χ0n) is 27.2. The van der Waals surface area contributed by atoms with Crippen LogP contribution in [-0.4, -0.2) is 19.1 Å². The van der Waals surface area contributed by atoms with E-state index in [2.05, 4.69) is 167 Å². The minimum absolute atomic E-state index is 0.882. The maximum Gasteiger partial charge on any atom is 0.124 e. The van der Waals surface area contributed by atoms with Gasteiger partial charge in [0.15, 0.2) is 0 Å². The minimum Gasteiger partial charge on any atom is -0.354 e. The number of aryl methyl sites for hydroxylation is 1. The highest BCUT2D eigenvalue weighted by Crippen LogP contribution is 2.46. The van der Waals surface area contributed by atoms with Gasteiger partial charge in [-0.15, -0.1) is 0 Å². The van der Waals surface area contributed by atoms with Gasteiger partial charge in [0.1, 0.15) is 11.5 Å². The van der Waals surface area contributed by atoms with Crippen molar-refractivity contribution in [1.29, 1.82) is 0 Å². The smallest absolute Gasteiger partial charge is 0.124 e. The van der Waals surface area contributed by atoms with Gasteiger partial charge in [0.25, 0.3) is 0 Å². The van der Waals surface area contributed by atoms with Crippen LogP contribution in [0.4, 0.5) is 0 Å². The first-order chi connectivity index (χ1) is 23.7. The first-order valence-electron chi connectivity index (χ1n) is 16.7. The van der Waals surface area contributed by atoms with Crippen LogP contribution in [0.2, 0.25) is 0 Å². The van der Waals surface area contributed by atoms with Crippen LogP contribution in [0, 0.1) is 6.92 Å². The second kappa shape index (κ2) is 11.1. The van der Waals surface area contributed by atoms with Crippen LogP contribution in [0.1, 0.15) is 36.6 Å². The van der Waals surface area contributed by atoms with Crippen molar-refractivity contribution < 1.29 is 0 Å². The van der Waals surface area contributed by atoms with Crippen molar-refractivity contribution in [2.24, 2.45) is 0 Å². The molecule has 0 fully saturated rings. The Bertz CT molecular complexity index is 2710. The van der Waals surface area contributed by atoms with Gasteiger partial charge in [-0.1, -0.05) is 104 Å². The molecule has 0 unspecified atom stereocenters. The molecular weight excluding hydrogens is 585 g/mol. The van der Waals surface area contributed by atoms with E-state index in [1.807, 2.05) is 6.08 Å². The molecule has 4 heteroatoms. The molecule has 0 saturated heterocycles. The minimum atomic E-state index is 0.882. The average molecular weight is 621 g/mol. The SMILES string of the molecule is C=Cc1c(-c2ccccc2C)c2c3c([nH]c4ccccc43)c(/C=C/C/C=C\C)cc2n1-c1cc2c3ccccc3n(C3=CC=CC3)c2[nH]1. The molecule has 232 valence electrons. The Labute approximate surface area is 279 Å². The Hall–Kier alpha value is -6.00. The number of nitrogens with one attached hydrogen (secondary N) is 2. The number of allylic oxidation sites excluding steroid dienone is 7. The number of aromatic nitrogens is 4. The molecular formula is C44H36N4. The van der Waals surface area contributed by atoms with E-state index < -0.39 is 0 Å². The molecule has 0 saturated carbocycles. The highest BCUT2D eigenvalue weighted by atomic mass is 15.1. The molecule has 0 bridgehead atoms. The summed E-state index contributed by atoms with van der Waals surface area (Å²) in [7, 11) is 0. The van der Waals surface area contributed by atoms with E-state index in [0.29, 0.717) is 0 Å². The fourth-order valence-corrected chi connectivity index (χ4v) is 7.81. The van der Waals surface area contributed by atoms with Crippen LogP contribution < -0.4 is 0 Å². The zero-order valence-corrected chi connectivity index (χ0v) is 27.2. The van der Waals surface area contributed by atoms with E-state index in [1.165, 1.54) is 54.8 Å². The van der Waals surface area contributed by atoms with Gasteiger partial charge in [0.05, 0.1) is 22.2 Å². The lowest BCUT2D eigenvalue weighted by molar-refractivity contribution is 1.04. The number of hydrogen-bond donors (Lipinski definition) is 2. The number of nitrogens with zero attached hydrogens (tertiary/aromatic N) is 2. The summed E-state index contributed by atoms with van der Waals surface area (Å²) in [4.78, 5) is 7.73. The van der Waals surface area contributed by atoms with E-state index in [1.54, 1.807) is 0 Å². The van der Waals surface area contributed by atoms with E-state index >= 15 is 0 Å². The van der Waals surface area contributed by atoms with Crippen molar-refractivity contribution >= 4 is 72.5 Å². The highest BCUT2D eigenvalue weighted by molar-refractivity contribution is 6.27. The molecule has 0 atom stereocenters. The molecule has 8 aromatic rings. The van der Waals surface area contributed by atoms with Gasteiger partial charge in [0, 0.05) is 55.7 Å². The van der Waals surface area contributed by atoms with Gasteiger partial charge in [-0.3, -0.25) is 9.13 Å². The quantitative estimate of drug-likeness (QED) is 0.167. The third-order valence-electron chi connectivity index (χ3n) is 9.92. The lowest BCUT2D eigenvalue weighted by Gasteiger charge is -2.10. The summed E-state index contributed by atoms with van der Waals surface area (Å²) in [5.74, 6) is 1.02. The highest BCUT2D eigenvalue weighted by Gasteiger charge is 2.26. The summed E-state index contributed by atoms with van der Waals surface area (Å²) in [5, 5.41) is 6.14. The summed E-state index contributed by atoms with van der Waals surface area (Å²) >= 11 is 0. The molecule has 0 amide bonds. The number of aromatic amines is 2. The number of rotatable bonds is 7. The predicted molar refractivity (Wildman–Crippen MR) is 207 cm³/mol. The van der Waals surface area contributed by atoms with Crippen LogP contribution in [-0.2, 0) is 0 Å². The van der Waals surface area contributed by atoms with Crippen molar-refractivity contribution in [2.75, 3.05) is 0 Å². The maximum atomic E-state index is 4.44. The average Bonchev–Trinajstić information content (AvgIpc) is 3.93. The Morgan fingerprint density at radius 3 is 2.44 bits per heavy atom. The Morgan fingerprint density at radius 1 is 0.812 bits per heavy atom. The van der Waals surface area contributed by atoms with Crippen LogP contribution in [0.25, 0.3) is 89.4 Å². The molecule has 4 aromatic carbocycles. The van der Waals surface area contributed by atoms with Gasteiger partial charge >= 0.3 is 0 Å². The third-order valence-corrected chi connectivity index (χ3v) is 9.92. The Morgan fingerprint density at radius 2 is 1.62 bits per heavy atom. The van der Waals surface area contributed by atoms with E-state index in [4.69, 9.17) is 0 Å². The van der Waals surface area contributed by atoms with Gasteiger partial charge < -0.3 is 9.97 Å². The molecule has 48 heavy (non-hydrogen) atoms. The van der Waals surface area contributed by atoms with E-state index in [-0.39, 0.29) is 0 Å². The number of benzene rings is 4. The van der Waals surface area contributed by atoms with E-state index in [0.717, 1.165) is 52.1 Å². The lowest BCUT2D eigenvalue weighted by Crippen LogP contribution is -2.00. The molecule has 0 radical (unpaired) electrons. The molecule has 1 aliphatic rings. The zero-order chi connectivity index (χ0) is 32.4. The Balaban J connectivity index is 1.45. The fourth-order valence-electron chi connectivity index (χ4n) is 7.81. The monoisotopic (exact) mass is 620 g/mol. The second-order valence-electron chi connectivity index (χ2n) is 12.7. The predicted octanol–water partition coefficient (Wildman–Crippen LogP) is 12.1. The number of H-pyrrole nitrogens is 2. The molecule has 4 heterocycles. The van der Waals surface area contributed by atoms with Crippen LogP contribution in [0.15, 0.2) is 128 Å². The first-order valence-corrected chi connectivity index (χ1v) is 16.7. The van der Waals surface area contributed by atoms with Crippen molar-refractivity contribution in [3.8, 4) is 16.9 Å². The molecule has 4 aromatic heterocycles. The van der Waals surface area contributed by atoms with Crippen molar-refractivity contribution in [1.82, 2.24) is 19.1 Å². The largest absolute Gasteiger partial charge is 0.354 e. The second-order valence-corrected chi connectivity index (χ2v) is 12.7. The topological polar surface area (TPSA) is 41.4 Å². The van der Waals surface area contributed by atoms with Gasteiger partial charge in [-0.05, 0) is 67.8 Å². The summed E-state index contributed by atoms with van der Waals surface area (Å²) < 4.78 is 4.79. The molecule has 0 aliphatic heterocycles. The molecule has 2 N–H and O–H groups in total. The number of para-hydroxylation sites is 2. The van der Waals surface area contributed by atoms with E-state index in [9.17, 15) is 0 Å². The number of hydrogen-bond acceptors (Lipinski definition) is 0. The first kappa shape index (κ1) is 28.2. The Kier molecular flexibility index (Phi) is 6.51. The lowest BCUT2D eigenvalue weighted by atomic mass is 9.94. The van der Waals surface area contributed by atoms with Crippen LogP contribution in [0.3, 0.4) is 0 Å². The molecule has 1 aliphatic carbocycles. The summed E-state index contributed by atoms with van der Waals surface area (Å²) in [5.41, 5.74) is 12.9. The van der Waals surface area contributed by atoms with Crippen LogP contribution in [0.5, 0.6) is 0 Å². The normalized spacial score (nSPS) is 13.6. The summed E-state index contributed by atoms with van der Waals surface area (Å²) in [6.45, 7) is 8.71. The summed E-state index contributed by atoms with van der Waals surface area (Å²) in [6, 6.07) is 30.8. The third kappa shape index (κ3) is 4.09. The standard InChI is InChI=1S/C44H36N4/c1-4-6-7-8-18-29-26-38-42(41-33-23-13-15-24-35(33)45-43(29)41)40(31-21-12-9-17-28(31)3)36(5-2)48(38)39-27-34-32-22-14-16-25-37(32)47(44(34)46-39)30-19-10-11-20-30/h4-6,8-19,21-27,45-46H,2,7,20H2,1,3H3/b6-4-,18-8+.